The molecule has 8 heteroatoms. The first-order valence-corrected chi connectivity index (χ1v) is 6.37. The maximum absolute atomic E-state index is 10.9. The van der Waals surface area contributed by atoms with Gasteiger partial charge in [0.15, 0.2) is 0 Å². The van der Waals surface area contributed by atoms with E-state index in [0.717, 1.165) is 11.9 Å². The van der Waals surface area contributed by atoms with Crippen molar-refractivity contribution >= 4 is 17.4 Å². The third-order valence-electron chi connectivity index (χ3n) is 2.91. The summed E-state index contributed by atoms with van der Waals surface area (Å²) in [5.41, 5.74) is 0.933. The SMILES string of the molecule is C=CN=C(Oc1ccc(NC)cc1)c1ncc([N+](=O)[O-])n1C. The average molecular weight is 301 g/mol. The van der Waals surface area contributed by atoms with E-state index >= 15 is 0 Å². The number of rotatable bonds is 5. The molecule has 0 aliphatic rings. The van der Waals surface area contributed by atoms with E-state index in [9.17, 15) is 10.1 Å². The van der Waals surface area contributed by atoms with Gasteiger partial charge < -0.3 is 20.2 Å². The van der Waals surface area contributed by atoms with Gasteiger partial charge in [-0.05, 0) is 29.2 Å². The van der Waals surface area contributed by atoms with Crippen LogP contribution in [0.4, 0.5) is 11.5 Å². The number of benzene rings is 1. The topological polar surface area (TPSA) is 94.6 Å². The molecular formula is C14H15N5O3. The Kier molecular flexibility index (Phi) is 4.52. The molecule has 2 aromatic rings. The molecule has 1 aromatic carbocycles. The number of anilines is 1. The Balaban J connectivity index is 2.32. The smallest absolute Gasteiger partial charge is 0.343 e. The molecule has 0 spiro atoms. The van der Waals surface area contributed by atoms with Crippen LogP contribution in [0.1, 0.15) is 5.82 Å². The summed E-state index contributed by atoms with van der Waals surface area (Å²) in [6.07, 6.45) is 2.44. The van der Waals surface area contributed by atoms with Crippen molar-refractivity contribution in [2.24, 2.45) is 12.0 Å². The van der Waals surface area contributed by atoms with Crippen LogP contribution in [0.15, 0.2) is 48.2 Å². The predicted octanol–water partition coefficient (Wildman–Crippen LogP) is 2.34. The fourth-order valence-electron chi connectivity index (χ4n) is 1.78. The van der Waals surface area contributed by atoms with Crippen LogP contribution in [0.3, 0.4) is 0 Å². The summed E-state index contributed by atoms with van der Waals surface area (Å²) in [7, 11) is 3.33. The summed E-state index contributed by atoms with van der Waals surface area (Å²) in [5, 5.41) is 13.9. The number of aliphatic imine (C=N–C) groups is 1. The highest BCUT2D eigenvalue weighted by molar-refractivity contribution is 5.93. The molecule has 22 heavy (non-hydrogen) atoms. The van der Waals surface area contributed by atoms with Crippen molar-refractivity contribution in [1.82, 2.24) is 9.55 Å². The average Bonchev–Trinajstić information content (AvgIpc) is 2.89. The van der Waals surface area contributed by atoms with E-state index in [4.69, 9.17) is 4.74 Å². The molecule has 8 nitrogen and oxygen atoms in total. The van der Waals surface area contributed by atoms with Gasteiger partial charge in [0.05, 0.1) is 7.05 Å². The van der Waals surface area contributed by atoms with E-state index < -0.39 is 4.92 Å². The van der Waals surface area contributed by atoms with E-state index in [1.807, 2.05) is 19.2 Å². The van der Waals surface area contributed by atoms with Crippen LogP contribution in [0.25, 0.3) is 0 Å². The lowest BCUT2D eigenvalue weighted by Crippen LogP contribution is -2.16. The van der Waals surface area contributed by atoms with Gasteiger partial charge >= 0.3 is 5.82 Å². The largest absolute Gasteiger partial charge is 0.434 e. The highest BCUT2D eigenvalue weighted by atomic mass is 16.6. The zero-order valence-corrected chi connectivity index (χ0v) is 12.2. The molecule has 114 valence electrons. The van der Waals surface area contributed by atoms with Crippen molar-refractivity contribution in [2.45, 2.75) is 0 Å². The molecule has 0 fully saturated rings. The molecule has 0 radical (unpaired) electrons. The third kappa shape index (κ3) is 3.11. The Morgan fingerprint density at radius 1 is 1.50 bits per heavy atom. The second-order valence-electron chi connectivity index (χ2n) is 4.25. The van der Waals surface area contributed by atoms with Crippen LogP contribution >= 0.6 is 0 Å². The quantitative estimate of drug-likeness (QED) is 0.396. The van der Waals surface area contributed by atoms with Crippen LogP contribution in [0, 0.1) is 10.1 Å². The number of nitrogens with one attached hydrogen (secondary N) is 1. The molecule has 0 saturated heterocycles. The Bertz CT molecular complexity index is 719. The minimum Gasteiger partial charge on any atom is -0.434 e. The second-order valence-corrected chi connectivity index (χ2v) is 4.25. The van der Waals surface area contributed by atoms with Gasteiger partial charge in [0.2, 0.25) is 0 Å². The van der Waals surface area contributed by atoms with Gasteiger partial charge in [-0.15, -0.1) is 0 Å². The minimum atomic E-state index is -0.524. The van der Waals surface area contributed by atoms with Gasteiger partial charge in [0.1, 0.15) is 11.9 Å². The molecule has 0 unspecified atom stereocenters. The molecule has 1 N–H and O–H groups in total. The van der Waals surface area contributed by atoms with Crippen molar-refractivity contribution in [3.63, 3.8) is 0 Å². The summed E-state index contributed by atoms with van der Waals surface area (Å²) < 4.78 is 6.96. The van der Waals surface area contributed by atoms with E-state index in [2.05, 4.69) is 21.9 Å². The zero-order valence-electron chi connectivity index (χ0n) is 12.2. The lowest BCUT2D eigenvalue weighted by molar-refractivity contribution is -0.391. The lowest BCUT2D eigenvalue weighted by Gasteiger charge is -2.07. The molecule has 0 amide bonds. The zero-order chi connectivity index (χ0) is 16.1. The highest BCUT2D eigenvalue weighted by Gasteiger charge is 2.22. The van der Waals surface area contributed by atoms with Gasteiger partial charge in [0, 0.05) is 18.9 Å². The maximum Gasteiger partial charge on any atom is 0.343 e. The second kappa shape index (κ2) is 6.53. The lowest BCUT2D eigenvalue weighted by atomic mass is 10.3. The molecular weight excluding hydrogens is 286 g/mol. The summed E-state index contributed by atoms with van der Waals surface area (Å²) in [6.45, 7) is 3.52. The number of hydrogen-bond acceptors (Lipinski definition) is 6. The van der Waals surface area contributed by atoms with Crippen molar-refractivity contribution in [3.8, 4) is 5.75 Å². The standard InChI is InChI=1S/C14H15N5O3/c1-4-16-14(13-17-9-12(18(13)3)19(20)21)22-11-7-5-10(15-2)6-8-11/h4-9,15H,1H2,2-3H3. The van der Waals surface area contributed by atoms with Gasteiger partial charge in [-0.25, -0.2) is 14.5 Å². The Hall–Kier alpha value is -3.16. The van der Waals surface area contributed by atoms with E-state index in [-0.39, 0.29) is 17.5 Å². The Labute approximate surface area is 126 Å². The fourth-order valence-corrected chi connectivity index (χ4v) is 1.78. The van der Waals surface area contributed by atoms with Crippen molar-refractivity contribution < 1.29 is 9.66 Å². The van der Waals surface area contributed by atoms with Crippen LogP contribution in [-0.2, 0) is 7.05 Å². The minimum absolute atomic E-state index is 0.128. The molecule has 0 atom stereocenters. The van der Waals surface area contributed by atoms with Crippen LogP contribution < -0.4 is 10.1 Å². The molecule has 0 aliphatic carbocycles. The highest BCUT2D eigenvalue weighted by Crippen LogP contribution is 2.18. The first kappa shape index (κ1) is 15.2. The summed E-state index contributed by atoms with van der Waals surface area (Å²) in [5.74, 6) is 0.748. The number of nitrogens with zero attached hydrogens (tertiary/aromatic N) is 4. The van der Waals surface area contributed by atoms with Crippen molar-refractivity contribution in [2.75, 3.05) is 12.4 Å². The first-order chi connectivity index (χ1) is 10.6. The van der Waals surface area contributed by atoms with Gasteiger partial charge in [-0.3, -0.25) is 0 Å². The van der Waals surface area contributed by atoms with Crippen molar-refractivity contribution in [3.05, 3.63) is 59.2 Å². The van der Waals surface area contributed by atoms with Gasteiger partial charge in [-0.2, -0.15) is 0 Å². The molecule has 1 heterocycles. The molecule has 1 aromatic heterocycles. The third-order valence-corrected chi connectivity index (χ3v) is 2.91. The number of ether oxygens (including phenoxy) is 1. The summed E-state index contributed by atoms with van der Waals surface area (Å²) in [6, 6.07) is 7.17. The van der Waals surface area contributed by atoms with Crippen LogP contribution in [0.5, 0.6) is 5.75 Å². The van der Waals surface area contributed by atoms with E-state index in [0.29, 0.717) is 5.75 Å². The van der Waals surface area contributed by atoms with Gasteiger partial charge in [0.25, 0.3) is 11.7 Å². The number of aromatic nitrogens is 2. The van der Waals surface area contributed by atoms with Gasteiger partial charge in [-0.1, -0.05) is 6.58 Å². The molecule has 0 aliphatic heterocycles. The number of nitro groups is 1. The Morgan fingerprint density at radius 3 is 2.68 bits per heavy atom. The fraction of sp³-hybridized carbons (Fsp3) is 0.143. The molecule has 2 rings (SSSR count). The molecule has 0 saturated carbocycles. The summed E-state index contributed by atoms with van der Waals surface area (Å²) >= 11 is 0. The number of hydrogen-bond donors (Lipinski definition) is 1. The monoisotopic (exact) mass is 301 g/mol. The maximum atomic E-state index is 10.9. The van der Waals surface area contributed by atoms with E-state index in [1.54, 1.807) is 12.1 Å². The molecule has 0 bridgehead atoms. The Morgan fingerprint density at radius 2 is 2.18 bits per heavy atom. The van der Waals surface area contributed by atoms with E-state index in [1.165, 1.54) is 17.8 Å². The predicted molar refractivity (Wildman–Crippen MR) is 83.2 cm³/mol. The first-order valence-electron chi connectivity index (χ1n) is 6.37. The van der Waals surface area contributed by atoms with Crippen molar-refractivity contribution in [1.29, 1.82) is 0 Å². The van der Waals surface area contributed by atoms with Crippen LogP contribution in [0.2, 0.25) is 0 Å². The van der Waals surface area contributed by atoms with Crippen LogP contribution in [-0.4, -0.2) is 27.4 Å². The normalized spacial score (nSPS) is 11.1. The summed E-state index contributed by atoms with van der Waals surface area (Å²) in [4.78, 5) is 18.4. The number of imidazole rings is 1.